The van der Waals surface area contributed by atoms with Crippen molar-refractivity contribution in [3.8, 4) is 0 Å². The van der Waals surface area contributed by atoms with Gasteiger partial charge in [0.1, 0.15) is 17.2 Å². The molecule has 8 rings (SSSR count). The van der Waals surface area contributed by atoms with Gasteiger partial charge in [0.2, 0.25) is 5.91 Å². The predicted octanol–water partition coefficient (Wildman–Crippen LogP) is 3.52. The molecule has 0 aliphatic carbocycles. The van der Waals surface area contributed by atoms with Crippen molar-refractivity contribution in [2.24, 2.45) is 0 Å². The molecule has 256 valence electrons. The van der Waals surface area contributed by atoms with E-state index in [0.717, 1.165) is 13.0 Å². The number of nitrogens with zero attached hydrogens (tertiary/aromatic N) is 8. The minimum atomic E-state index is -2.91. The monoisotopic (exact) mass is 678 g/mol. The standard InChI is InChI=1S/C32H33F3N10O4/c33-23-11-18(1-2-25(23)42-9-6-27(46)39-32(42)48)14-41-7-3-19(4-8-41)45-16-24(28(40-45)29(34)35)37-31(47)22-13-36-44-10-5-26(38-30(22)44)43-15-21-12-20(43)17-49-21/h1-2,5,10-11,13,16,19-21,29H,3-4,6-9,12,14-15,17H2,(H,37,47)(H,39,46,48)/t20-,21-/m1/s1. The van der Waals surface area contributed by atoms with E-state index in [9.17, 15) is 27.6 Å². The van der Waals surface area contributed by atoms with Gasteiger partial charge in [0, 0.05) is 51.5 Å². The highest BCUT2D eigenvalue weighted by Crippen LogP contribution is 2.33. The normalized spacial score (nSPS) is 21.7. The Morgan fingerprint density at radius 2 is 1.96 bits per heavy atom. The first-order valence-corrected chi connectivity index (χ1v) is 16.2. The summed E-state index contributed by atoms with van der Waals surface area (Å²) in [4.78, 5) is 47.2. The van der Waals surface area contributed by atoms with Gasteiger partial charge in [-0.1, -0.05) is 6.07 Å². The summed E-state index contributed by atoms with van der Waals surface area (Å²) in [5.41, 5.74) is 0.706. The molecule has 4 aliphatic rings. The van der Waals surface area contributed by atoms with Crippen LogP contribution in [0.3, 0.4) is 0 Å². The molecular formula is C32H33F3N10O4. The highest BCUT2D eigenvalue weighted by atomic mass is 19.3. The smallest absolute Gasteiger partial charge is 0.328 e. The van der Waals surface area contributed by atoms with Gasteiger partial charge in [-0.3, -0.25) is 29.4 Å². The summed E-state index contributed by atoms with van der Waals surface area (Å²) in [5.74, 6) is -0.859. The van der Waals surface area contributed by atoms with Crippen molar-refractivity contribution in [3.05, 3.63) is 65.5 Å². The Kier molecular flexibility index (Phi) is 7.94. The van der Waals surface area contributed by atoms with E-state index in [2.05, 4.69) is 30.6 Å². The number of carbonyl (C=O) groups is 3. The van der Waals surface area contributed by atoms with Crippen LogP contribution in [0.5, 0.6) is 0 Å². The summed E-state index contributed by atoms with van der Waals surface area (Å²) in [6, 6.07) is 5.90. The van der Waals surface area contributed by atoms with Crippen molar-refractivity contribution in [2.45, 2.75) is 56.8 Å². The fraction of sp³-hybridized carbons (Fsp3) is 0.438. The van der Waals surface area contributed by atoms with Crippen molar-refractivity contribution in [1.82, 2.24) is 34.6 Å². The Balaban J connectivity index is 0.918. The van der Waals surface area contributed by atoms with Crippen LogP contribution in [0, 0.1) is 5.82 Å². The van der Waals surface area contributed by atoms with E-state index in [0.29, 0.717) is 56.1 Å². The Labute approximate surface area is 277 Å². The molecule has 2 atom stereocenters. The molecular weight excluding hydrogens is 645 g/mol. The van der Waals surface area contributed by atoms with Crippen molar-refractivity contribution in [3.63, 3.8) is 0 Å². The second-order valence-corrected chi connectivity index (χ2v) is 12.8. The zero-order valence-electron chi connectivity index (χ0n) is 26.3. The number of likely N-dealkylation sites (tertiary alicyclic amines) is 1. The van der Waals surface area contributed by atoms with Gasteiger partial charge in [0.25, 0.3) is 12.3 Å². The summed E-state index contributed by atoms with van der Waals surface area (Å²) >= 11 is 0. The molecule has 7 heterocycles. The quantitative estimate of drug-likeness (QED) is 0.286. The van der Waals surface area contributed by atoms with Crippen LogP contribution >= 0.6 is 0 Å². The van der Waals surface area contributed by atoms with Gasteiger partial charge in [-0.15, -0.1) is 0 Å². The third kappa shape index (κ3) is 5.96. The summed E-state index contributed by atoms with van der Waals surface area (Å²) in [5, 5.41) is 13.2. The molecule has 1 aromatic carbocycles. The zero-order valence-corrected chi connectivity index (χ0v) is 26.3. The molecule has 0 unspecified atom stereocenters. The van der Waals surface area contributed by atoms with Crippen LogP contribution in [0.1, 0.15) is 59.8 Å². The number of nitrogens with one attached hydrogen (secondary N) is 2. The number of imide groups is 1. The molecule has 3 aromatic heterocycles. The Morgan fingerprint density at radius 3 is 2.67 bits per heavy atom. The topological polar surface area (TPSA) is 142 Å². The van der Waals surface area contributed by atoms with E-state index in [1.807, 2.05) is 6.07 Å². The predicted molar refractivity (Wildman–Crippen MR) is 169 cm³/mol. The number of rotatable bonds is 8. The number of alkyl halides is 2. The number of urea groups is 1. The Bertz CT molecular complexity index is 1940. The zero-order chi connectivity index (χ0) is 33.8. The lowest BCUT2D eigenvalue weighted by Gasteiger charge is -2.32. The van der Waals surface area contributed by atoms with E-state index < -0.39 is 35.8 Å². The van der Waals surface area contributed by atoms with Crippen molar-refractivity contribution >= 4 is 40.7 Å². The number of benzene rings is 1. The molecule has 2 bridgehead atoms. The lowest BCUT2D eigenvalue weighted by molar-refractivity contribution is -0.120. The molecule has 4 fully saturated rings. The molecule has 49 heavy (non-hydrogen) atoms. The maximum absolute atomic E-state index is 15.0. The average molecular weight is 679 g/mol. The van der Waals surface area contributed by atoms with E-state index in [-0.39, 0.29) is 48.1 Å². The van der Waals surface area contributed by atoms with Gasteiger partial charge in [0.05, 0.1) is 42.4 Å². The van der Waals surface area contributed by atoms with Gasteiger partial charge in [0.15, 0.2) is 11.3 Å². The number of aromatic nitrogens is 5. The minimum absolute atomic E-state index is 0.0748. The number of ether oxygens (including phenoxy) is 1. The first-order valence-electron chi connectivity index (χ1n) is 16.2. The van der Waals surface area contributed by atoms with Gasteiger partial charge >= 0.3 is 6.03 Å². The molecule has 0 saturated carbocycles. The van der Waals surface area contributed by atoms with Crippen LogP contribution in [0.2, 0.25) is 0 Å². The van der Waals surface area contributed by atoms with Crippen molar-refractivity contribution < 1.29 is 32.3 Å². The third-order valence-corrected chi connectivity index (χ3v) is 9.70. The van der Waals surface area contributed by atoms with Crippen molar-refractivity contribution in [2.75, 3.05) is 47.9 Å². The van der Waals surface area contributed by atoms with Gasteiger partial charge in [-0.2, -0.15) is 10.2 Å². The Hall–Kier alpha value is -5.03. The maximum atomic E-state index is 15.0. The number of anilines is 3. The lowest BCUT2D eigenvalue weighted by Crippen LogP contribution is -2.49. The lowest BCUT2D eigenvalue weighted by atomic mass is 10.0. The summed E-state index contributed by atoms with van der Waals surface area (Å²) < 4.78 is 51.9. The summed E-state index contributed by atoms with van der Waals surface area (Å²) in [7, 11) is 0. The first-order chi connectivity index (χ1) is 23.7. The van der Waals surface area contributed by atoms with Crippen LogP contribution < -0.4 is 20.4 Å². The molecule has 4 aromatic rings. The number of hydrogen-bond acceptors (Lipinski definition) is 9. The van der Waals surface area contributed by atoms with Crippen LogP contribution in [0.4, 0.5) is 35.2 Å². The minimum Gasteiger partial charge on any atom is -0.374 e. The summed E-state index contributed by atoms with van der Waals surface area (Å²) in [6.07, 6.45) is 4.03. The Morgan fingerprint density at radius 1 is 1.12 bits per heavy atom. The highest BCUT2D eigenvalue weighted by Gasteiger charge is 2.40. The number of morpholine rings is 1. The van der Waals surface area contributed by atoms with E-state index in [1.54, 1.807) is 12.3 Å². The van der Waals surface area contributed by atoms with E-state index in [4.69, 9.17) is 9.72 Å². The molecule has 2 N–H and O–H groups in total. The average Bonchev–Trinajstić information content (AvgIpc) is 3.89. The maximum Gasteiger partial charge on any atom is 0.328 e. The molecule has 4 saturated heterocycles. The largest absolute Gasteiger partial charge is 0.374 e. The number of hydrogen-bond donors (Lipinski definition) is 2. The number of halogens is 3. The van der Waals surface area contributed by atoms with Crippen LogP contribution in [0.25, 0.3) is 5.65 Å². The van der Waals surface area contributed by atoms with Crippen LogP contribution in [0.15, 0.2) is 42.9 Å². The fourth-order valence-electron chi connectivity index (χ4n) is 7.16. The van der Waals surface area contributed by atoms with E-state index in [1.165, 1.54) is 38.6 Å². The van der Waals surface area contributed by atoms with E-state index >= 15 is 0 Å². The molecule has 0 spiro atoms. The molecule has 4 aliphatic heterocycles. The SMILES string of the molecule is O=C1CCN(c2ccc(CN3CCC(n4cc(NC(=O)c5cnn6ccc(N7C[C@H]8C[C@@H]7CO8)nc56)c(C(F)F)n4)CC3)cc2F)C(=O)N1. The van der Waals surface area contributed by atoms with Gasteiger partial charge in [-0.05, 0) is 43.0 Å². The number of amides is 4. The van der Waals surface area contributed by atoms with Crippen LogP contribution in [-0.4, -0.2) is 92.1 Å². The first kappa shape index (κ1) is 31.3. The number of carbonyl (C=O) groups excluding carboxylic acids is 3. The molecule has 17 heteroatoms. The van der Waals surface area contributed by atoms with Crippen molar-refractivity contribution in [1.29, 1.82) is 0 Å². The van der Waals surface area contributed by atoms with Gasteiger partial charge < -0.3 is 15.0 Å². The molecule has 0 radical (unpaired) electrons. The van der Waals surface area contributed by atoms with Crippen LogP contribution in [-0.2, 0) is 16.1 Å². The molecule has 4 amide bonds. The third-order valence-electron chi connectivity index (χ3n) is 9.70. The summed E-state index contributed by atoms with van der Waals surface area (Å²) in [6.45, 7) is 3.13. The number of fused-ring (bicyclic) bond motifs is 3. The highest BCUT2D eigenvalue weighted by molar-refractivity contribution is 6.08. The molecule has 14 nitrogen and oxygen atoms in total. The second kappa shape index (κ2) is 12.5. The second-order valence-electron chi connectivity index (χ2n) is 12.8. The van der Waals surface area contributed by atoms with Gasteiger partial charge in [-0.25, -0.2) is 27.5 Å². The number of piperidine rings is 1. The fourth-order valence-corrected chi connectivity index (χ4v) is 7.16.